The van der Waals surface area contributed by atoms with E-state index in [-0.39, 0.29) is 6.54 Å². The number of rotatable bonds is 4. The standard InChI is InChI=1S/C10H17NOS/c1-3-4-8-5-6-9(13-8)10(2,12)7-11/h5-6,12H,3-4,7,11H2,1-2H3. The molecule has 0 aliphatic rings. The van der Waals surface area contributed by atoms with E-state index in [0.29, 0.717) is 0 Å². The van der Waals surface area contributed by atoms with Crippen molar-refractivity contribution in [1.82, 2.24) is 0 Å². The van der Waals surface area contributed by atoms with Crippen LogP contribution >= 0.6 is 11.3 Å². The molecule has 0 spiro atoms. The van der Waals surface area contributed by atoms with Crippen LogP contribution in [-0.4, -0.2) is 11.7 Å². The number of aliphatic hydroxyl groups is 1. The van der Waals surface area contributed by atoms with E-state index in [1.54, 1.807) is 18.3 Å². The van der Waals surface area contributed by atoms with Crippen molar-refractivity contribution in [1.29, 1.82) is 0 Å². The van der Waals surface area contributed by atoms with E-state index in [9.17, 15) is 5.11 Å². The van der Waals surface area contributed by atoms with Crippen molar-refractivity contribution in [3.63, 3.8) is 0 Å². The van der Waals surface area contributed by atoms with Crippen LogP contribution in [-0.2, 0) is 12.0 Å². The van der Waals surface area contributed by atoms with Crippen molar-refractivity contribution >= 4 is 11.3 Å². The number of hydrogen-bond acceptors (Lipinski definition) is 3. The second kappa shape index (κ2) is 4.22. The van der Waals surface area contributed by atoms with E-state index in [0.717, 1.165) is 17.7 Å². The lowest BCUT2D eigenvalue weighted by atomic mass is 10.1. The molecular weight excluding hydrogens is 182 g/mol. The van der Waals surface area contributed by atoms with Gasteiger partial charge in [0.2, 0.25) is 0 Å². The lowest BCUT2D eigenvalue weighted by molar-refractivity contribution is 0.0707. The first-order valence-electron chi connectivity index (χ1n) is 4.62. The number of nitrogens with two attached hydrogens (primary N) is 1. The molecule has 3 N–H and O–H groups in total. The molecule has 0 aliphatic carbocycles. The molecule has 1 heterocycles. The minimum Gasteiger partial charge on any atom is -0.383 e. The highest BCUT2D eigenvalue weighted by Crippen LogP contribution is 2.27. The molecule has 0 saturated heterocycles. The average molecular weight is 199 g/mol. The van der Waals surface area contributed by atoms with Crippen molar-refractivity contribution in [2.24, 2.45) is 5.73 Å². The van der Waals surface area contributed by atoms with Crippen molar-refractivity contribution < 1.29 is 5.11 Å². The van der Waals surface area contributed by atoms with Gasteiger partial charge in [-0.15, -0.1) is 11.3 Å². The van der Waals surface area contributed by atoms with Gasteiger partial charge in [-0.1, -0.05) is 13.3 Å². The Morgan fingerprint density at radius 2 is 2.23 bits per heavy atom. The van der Waals surface area contributed by atoms with Crippen molar-refractivity contribution in [2.45, 2.75) is 32.3 Å². The molecule has 2 nitrogen and oxygen atoms in total. The van der Waals surface area contributed by atoms with Gasteiger partial charge in [0.1, 0.15) is 5.60 Å². The smallest absolute Gasteiger partial charge is 0.108 e. The summed E-state index contributed by atoms with van der Waals surface area (Å²) in [4.78, 5) is 2.30. The van der Waals surface area contributed by atoms with E-state index in [1.807, 2.05) is 6.07 Å². The van der Waals surface area contributed by atoms with Crippen LogP contribution in [0.25, 0.3) is 0 Å². The molecule has 0 aliphatic heterocycles. The first-order valence-corrected chi connectivity index (χ1v) is 5.43. The maximum atomic E-state index is 9.86. The third kappa shape index (κ3) is 2.53. The van der Waals surface area contributed by atoms with E-state index in [2.05, 4.69) is 13.0 Å². The van der Waals surface area contributed by atoms with Gasteiger partial charge in [-0.25, -0.2) is 0 Å². The van der Waals surface area contributed by atoms with Gasteiger partial charge in [0.15, 0.2) is 0 Å². The maximum Gasteiger partial charge on any atom is 0.108 e. The van der Waals surface area contributed by atoms with E-state index >= 15 is 0 Å². The second-order valence-corrected chi connectivity index (χ2v) is 4.66. The van der Waals surface area contributed by atoms with Crippen LogP contribution in [0.3, 0.4) is 0 Å². The fourth-order valence-corrected chi connectivity index (χ4v) is 2.31. The molecular formula is C10H17NOS. The molecule has 1 unspecified atom stereocenters. The normalized spacial score (nSPS) is 15.7. The third-order valence-corrected chi connectivity index (χ3v) is 3.48. The molecule has 74 valence electrons. The molecule has 0 fully saturated rings. The molecule has 1 aromatic heterocycles. The van der Waals surface area contributed by atoms with Crippen molar-refractivity contribution in [2.75, 3.05) is 6.54 Å². The Balaban J connectivity index is 2.79. The highest BCUT2D eigenvalue weighted by atomic mass is 32.1. The minimum atomic E-state index is -0.851. The highest BCUT2D eigenvalue weighted by molar-refractivity contribution is 7.12. The van der Waals surface area contributed by atoms with Gasteiger partial charge in [0.25, 0.3) is 0 Å². The Bertz CT molecular complexity index is 268. The molecule has 1 aromatic rings. The SMILES string of the molecule is CCCc1ccc(C(C)(O)CN)s1. The third-order valence-electron chi connectivity index (χ3n) is 2.09. The van der Waals surface area contributed by atoms with Gasteiger partial charge in [-0.05, 0) is 25.5 Å². The lowest BCUT2D eigenvalue weighted by Gasteiger charge is -2.18. The van der Waals surface area contributed by atoms with Gasteiger partial charge in [0, 0.05) is 16.3 Å². The van der Waals surface area contributed by atoms with Gasteiger partial charge in [-0.3, -0.25) is 0 Å². The Hall–Kier alpha value is -0.380. The number of hydrogen-bond donors (Lipinski definition) is 2. The van der Waals surface area contributed by atoms with Crippen LogP contribution in [0.4, 0.5) is 0 Å². The van der Waals surface area contributed by atoms with E-state index < -0.39 is 5.60 Å². The van der Waals surface area contributed by atoms with Gasteiger partial charge < -0.3 is 10.8 Å². The predicted octanol–water partition coefficient (Wildman–Crippen LogP) is 1.87. The predicted molar refractivity (Wildman–Crippen MR) is 56.9 cm³/mol. The largest absolute Gasteiger partial charge is 0.383 e. The van der Waals surface area contributed by atoms with Crippen LogP contribution in [0.2, 0.25) is 0 Å². The molecule has 0 aromatic carbocycles. The van der Waals surface area contributed by atoms with Gasteiger partial charge >= 0.3 is 0 Å². The molecule has 3 heteroatoms. The highest BCUT2D eigenvalue weighted by Gasteiger charge is 2.22. The summed E-state index contributed by atoms with van der Waals surface area (Å²) in [6.07, 6.45) is 2.23. The Kier molecular flexibility index (Phi) is 3.47. The van der Waals surface area contributed by atoms with Crippen LogP contribution < -0.4 is 5.73 Å². The maximum absolute atomic E-state index is 9.86. The summed E-state index contributed by atoms with van der Waals surface area (Å²) in [6, 6.07) is 4.05. The van der Waals surface area contributed by atoms with Gasteiger partial charge in [0.05, 0.1) is 0 Å². The molecule has 0 radical (unpaired) electrons. The quantitative estimate of drug-likeness (QED) is 0.777. The molecule has 13 heavy (non-hydrogen) atoms. The van der Waals surface area contributed by atoms with Gasteiger partial charge in [-0.2, -0.15) is 0 Å². The molecule has 0 amide bonds. The molecule has 0 saturated carbocycles. The monoisotopic (exact) mass is 199 g/mol. The van der Waals surface area contributed by atoms with Crippen molar-refractivity contribution in [3.05, 3.63) is 21.9 Å². The Morgan fingerprint density at radius 3 is 2.77 bits per heavy atom. The summed E-state index contributed by atoms with van der Waals surface area (Å²) < 4.78 is 0. The summed E-state index contributed by atoms with van der Waals surface area (Å²) in [5.41, 5.74) is 4.63. The first-order chi connectivity index (χ1) is 6.10. The zero-order valence-corrected chi connectivity index (χ0v) is 9.03. The van der Waals surface area contributed by atoms with Crippen LogP contribution in [0.5, 0.6) is 0 Å². The summed E-state index contributed by atoms with van der Waals surface area (Å²) >= 11 is 1.66. The fraction of sp³-hybridized carbons (Fsp3) is 0.600. The minimum absolute atomic E-state index is 0.277. The molecule has 1 atom stereocenters. The number of thiophene rings is 1. The van der Waals surface area contributed by atoms with Crippen LogP contribution in [0, 0.1) is 0 Å². The number of aryl methyl sites for hydroxylation is 1. The van der Waals surface area contributed by atoms with E-state index in [1.165, 1.54) is 4.88 Å². The summed E-state index contributed by atoms with van der Waals surface area (Å²) in [6.45, 7) is 4.19. The summed E-state index contributed by atoms with van der Waals surface area (Å²) in [5.74, 6) is 0. The zero-order chi connectivity index (χ0) is 9.90. The first kappa shape index (κ1) is 10.7. The molecule has 1 rings (SSSR count). The zero-order valence-electron chi connectivity index (χ0n) is 8.21. The van der Waals surface area contributed by atoms with Crippen molar-refractivity contribution in [3.8, 4) is 0 Å². The summed E-state index contributed by atoms with van der Waals surface area (Å²) in [5, 5.41) is 9.86. The lowest BCUT2D eigenvalue weighted by Crippen LogP contribution is -2.30. The molecule has 0 bridgehead atoms. The van der Waals surface area contributed by atoms with Crippen LogP contribution in [0.1, 0.15) is 30.0 Å². The van der Waals surface area contributed by atoms with E-state index in [4.69, 9.17) is 5.73 Å². The summed E-state index contributed by atoms with van der Waals surface area (Å²) in [7, 11) is 0. The second-order valence-electron chi connectivity index (χ2n) is 3.49. The Labute approximate surface area is 83.4 Å². The topological polar surface area (TPSA) is 46.2 Å². The van der Waals surface area contributed by atoms with Crippen LogP contribution in [0.15, 0.2) is 12.1 Å². The average Bonchev–Trinajstić information content (AvgIpc) is 2.54. The Morgan fingerprint density at radius 1 is 1.54 bits per heavy atom. The fourth-order valence-electron chi connectivity index (χ4n) is 1.15.